The van der Waals surface area contributed by atoms with Gasteiger partial charge in [0.25, 0.3) is 0 Å². The average molecular weight is 553 g/mol. The van der Waals surface area contributed by atoms with E-state index in [0.717, 1.165) is 29.2 Å². The number of aromatic nitrogens is 3. The number of hydrogen-bond donors (Lipinski definition) is 0. The summed E-state index contributed by atoms with van der Waals surface area (Å²) >= 11 is 0. The third-order valence-corrected chi connectivity index (χ3v) is 9.93. The second-order valence-electron chi connectivity index (χ2n) is 13.0. The first-order valence-electron chi connectivity index (χ1n) is 16.7. The molecule has 218 valence electrons. The number of carbonyl (C=O) groups excluding carboxylic acids is 1. The highest BCUT2D eigenvalue weighted by Crippen LogP contribution is 2.42. The van der Waals surface area contributed by atoms with Gasteiger partial charge in [-0.25, -0.2) is 4.68 Å². The Balaban J connectivity index is 1.34. The van der Waals surface area contributed by atoms with Gasteiger partial charge in [0.2, 0.25) is 5.91 Å². The molecule has 5 nitrogen and oxygen atoms in total. The fourth-order valence-corrected chi connectivity index (χ4v) is 7.59. The van der Waals surface area contributed by atoms with Gasteiger partial charge in [0.15, 0.2) is 0 Å². The third kappa shape index (κ3) is 6.76. The van der Waals surface area contributed by atoms with E-state index in [1.54, 1.807) is 0 Å². The van der Waals surface area contributed by atoms with Gasteiger partial charge in [-0.2, -0.15) is 0 Å². The van der Waals surface area contributed by atoms with E-state index >= 15 is 0 Å². The number of para-hydroxylation sites is 1. The second kappa shape index (κ2) is 13.8. The van der Waals surface area contributed by atoms with E-state index in [4.69, 9.17) is 10.3 Å². The average Bonchev–Trinajstić information content (AvgIpc) is 3.48. The fraction of sp³-hybridized carbons (Fsp3) is 0.583. The van der Waals surface area contributed by atoms with Crippen molar-refractivity contribution in [2.24, 2.45) is 11.8 Å². The maximum atomic E-state index is 14.1. The van der Waals surface area contributed by atoms with Crippen LogP contribution in [0.4, 0.5) is 5.69 Å². The summed E-state index contributed by atoms with van der Waals surface area (Å²) in [6.45, 7) is 1.51. The van der Waals surface area contributed by atoms with Crippen LogP contribution in [0.2, 0.25) is 0 Å². The van der Waals surface area contributed by atoms with Crippen molar-refractivity contribution in [3.05, 3.63) is 54.1 Å². The predicted octanol–water partition coefficient (Wildman–Crippen LogP) is 9.35. The van der Waals surface area contributed by atoms with E-state index in [-0.39, 0.29) is 5.91 Å². The first-order chi connectivity index (χ1) is 20.3. The van der Waals surface area contributed by atoms with Crippen molar-refractivity contribution in [3.63, 3.8) is 0 Å². The lowest BCUT2D eigenvalue weighted by Crippen LogP contribution is -2.33. The van der Waals surface area contributed by atoms with Crippen LogP contribution in [0.15, 0.2) is 48.5 Å². The topological polar surface area (TPSA) is 51.0 Å². The first-order valence-corrected chi connectivity index (χ1v) is 16.7. The van der Waals surface area contributed by atoms with E-state index in [2.05, 4.69) is 58.1 Å². The summed E-state index contributed by atoms with van der Waals surface area (Å²) in [7, 11) is 0. The SMILES string of the molecule is O=C(CC1CCCCCCCC1)N1Cc2ccccc2-c2c(nnn2CC2CCCCCCCC2)-c2ccccc21. The summed E-state index contributed by atoms with van der Waals surface area (Å²) in [5, 5.41) is 9.65. The number of benzene rings is 2. The second-order valence-corrected chi connectivity index (χ2v) is 13.0. The number of nitrogens with zero attached hydrogens (tertiary/aromatic N) is 4. The van der Waals surface area contributed by atoms with Gasteiger partial charge in [0, 0.05) is 24.1 Å². The summed E-state index contributed by atoms with van der Waals surface area (Å²) in [6, 6.07) is 17.0. The maximum Gasteiger partial charge on any atom is 0.227 e. The van der Waals surface area contributed by atoms with Crippen molar-refractivity contribution < 1.29 is 4.79 Å². The van der Waals surface area contributed by atoms with E-state index in [0.29, 0.717) is 24.8 Å². The van der Waals surface area contributed by atoms with Crippen molar-refractivity contribution >= 4 is 11.6 Å². The number of anilines is 1. The molecule has 2 aromatic carbocycles. The zero-order valence-corrected chi connectivity index (χ0v) is 24.9. The largest absolute Gasteiger partial charge is 0.307 e. The molecular weight excluding hydrogens is 504 g/mol. The molecule has 0 N–H and O–H groups in total. The van der Waals surface area contributed by atoms with Crippen LogP contribution in [0.5, 0.6) is 0 Å². The molecule has 2 aliphatic carbocycles. The van der Waals surface area contributed by atoms with E-state index in [9.17, 15) is 4.79 Å². The van der Waals surface area contributed by atoms with Gasteiger partial charge in [-0.05, 0) is 49.1 Å². The van der Waals surface area contributed by atoms with Crippen LogP contribution in [0.1, 0.15) is 115 Å². The van der Waals surface area contributed by atoms with Gasteiger partial charge in [0.1, 0.15) is 5.69 Å². The Morgan fingerprint density at radius 3 is 1.93 bits per heavy atom. The summed E-state index contributed by atoms with van der Waals surface area (Å²) in [4.78, 5) is 16.2. The molecule has 6 rings (SSSR count). The monoisotopic (exact) mass is 552 g/mol. The summed E-state index contributed by atoms with van der Waals surface area (Å²) in [5.41, 5.74) is 6.40. The van der Waals surface area contributed by atoms with E-state index in [1.165, 1.54) is 114 Å². The van der Waals surface area contributed by atoms with Gasteiger partial charge >= 0.3 is 0 Å². The molecule has 1 aromatic heterocycles. The van der Waals surface area contributed by atoms with Gasteiger partial charge in [-0.1, -0.05) is 125 Å². The molecule has 0 unspecified atom stereocenters. The van der Waals surface area contributed by atoms with E-state index in [1.807, 2.05) is 0 Å². The molecule has 3 aromatic rings. The molecule has 1 amide bonds. The first kappa shape index (κ1) is 28.2. The highest BCUT2D eigenvalue weighted by molar-refractivity contribution is 6.00. The molecule has 0 atom stereocenters. The van der Waals surface area contributed by atoms with Crippen LogP contribution >= 0.6 is 0 Å². The minimum Gasteiger partial charge on any atom is -0.307 e. The Hall–Kier alpha value is -2.95. The van der Waals surface area contributed by atoms with E-state index < -0.39 is 0 Å². The Labute approximate surface area is 246 Å². The number of rotatable bonds is 4. The molecule has 2 saturated carbocycles. The highest BCUT2D eigenvalue weighted by Gasteiger charge is 2.30. The number of fused-ring (bicyclic) bond motifs is 5. The van der Waals surface area contributed by atoms with Crippen LogP contribution in [0.3, 0.4) is 0 Å². The van der Waals surface area contributed by atoms with Crippen LogP contribution in [0, 0.1) is 11.8 Å². The van der Waals surface area contributed by atoms with Crippen molar-refractivity contribution in [2.45, 2.75) is 122 Å². The van der Waals surface area contributed by atoms with Gasteiger partial charge in [-0.15, -0.1) is 5.10 Å². The molecule has 0 radical (unpaired) electrons. The Morgan fingerprint density at radius 2 is 1.24 bits per heavy atom. The zero-order valence-electron chi connectivity index (χ0n) is 24.9. The quantitative estimate of drug-likeness (QED) is 0.324. The molecule has 3 aliphatic rings. The van der Waals surface area contributed by atoms with Crippen LogP contribution in [-0.2, 0) is 17.9 Å². The van der Waals surface area contributed by atoms with Gasteiger partial charge < -0.3 is 4.90 Å². The fourth-order valence-electron chi connectivity index (χ4n) is 7.59. The molecule has 0 saturated heterocycles. The van der Waals surface area contributed by atoms with Crippen LogP contribution in [-0.4, -0.2) is 20.9 Å². The molecular formula is C36H48N4O. The summed E-state index contributed by atoms with van der Waals surface area (Å²) < 4.78 is 2.20. The maximum absolute atomic E-state index is 14.1. The molecule has 2 heterocycles. The van der Waals surface area contributed by atoms with Crippen molar-refractivity contribution in [1.82, 2.24) is 15.0 Å². The summed E-state index contributed by atoms with van der Waals surface area (Å²) in [5.74, 6) is 1.37. The van der Waals surface area contributed by atoms with Crippen LogP contribution < -0.4 is 4.90 Å². The molecule has 0 bridgehead atoms. The minimum atomic E-state index is 0.248. The predicted molar refractivity (Wildman–Crippen MR) is 168 cm³/mol. The zero-order chi connectivity index (χ0) is 27.9. The number of carbonyl (C=O) groups is 1. The van der Waals surface area contributed by atoms with Crippen molar-refractivity contribution in [3.8, 4) is 22.5 Å². The van der Waals surface area contributed by atoms with Crippen molar-refractivity contribution in [2.75, 3.05) is 4.90 Å². The molecule has 1 aliphatic heterocycles. The third-order valence-electron chi connectivity index (χ3n) is 9.93. The lowest BCUT2D eigenvalue weighted by Gasteiger charge is -2.30. The molecule has 0 spiro atoms. The lowest BCUT2D eigenvalue weighted by atomic mass is 9.91. The Bertz CT molecular complexity index is 1280. The minimum absolute atomic E-state index is 0.248. The highest BCUT2D eigenvalue weighted by atomic mass is 16.2. The molecule has 5 heteroatoms. The number of hydrogen-bond acceptors (Lipinski definition) is 3. The standard InChI is InChI=1S/C36H48N4O/c41-34(25-28-17-9-5-1-2-6-10-18-28)39-27-30-21-13-14-22-31(30)36-35(32-23-15-16-24-33(32)39)37-38-40(36)26-29-19-11-7-3-4-8-12-20-29/h13-16,21-24,28-29H,1-12,17-20,25-27H2. The summed E-state index contributed by atoms with van der Waals surface area (Å²) in [6.07, 6.45) is 21.5. The van der Waals surface area contributed by atoms with Gasteiger partial charge in [-0.3, -0.25) is 4.79 Å². The van der Waals surface area contributed by atoms with Gasteiger partial charge in [0.05, 0.1) is 17.9 Å². The lowest BCUT2D eigenvalue weighted by molar-refractivity contribution is -0.119. The number of amides is 1. The van der Waals surface area contributed by atoms with Crippen LogP contribution in [0.25, 0.3) is 22.5 Å². The normalized spacial score (nSPS) is 19.6. The van der Waals surface area contributed by atoms with Crippen molar-refractivity contribution in [1.29, 1.82) is 0 Å². The Kier molecular flexibility index (Phi) is 9.49. The smallest absolute Gasteiger partial charge is 0.227 e. The Morgan fingerprint density at radius 1 is 0.683 bits per heavy atom. The molecule has 41 heavy (non-hydrogen) atoms. The molecule has 2 fully saturated rings.